The lowest BCUT2D eigenvalue weighted by molar-refractivity contribution is -0.0802. The van der Waals surface area contributed by atoms with E-state index in [1.165, 1.54) is 4.57 Å². The highest BCUT2D eigenvalue weighted by Gasteiger charge is 2.27. The molecule has 0 saturated carbocycles. The van der Waals surface area contributed by atoms with E-state index in [0.29, 0.717) is 22.3 Å². The Morgan fingerprint density at radius 1 is 1.19 bits per heavy atom. The van der Waals surface area contributed by atoms with Crippen molar-refractivity contribution in [2.24, 2.45) is 0 Å². The molecule has 0 spiro atoms. The normalized spacial score (nSPS) is 15.1. The number of anilines is 1. The zero-order valence-corrected chi connectivity index (χ0v) is 14.3. The Morgan fingerprint density at radius 2 is 1.89 bits per heavy atom. The maximum atomic E-state index is 12.1. The number of benzene rings is 1. The molecule has 11 nitrogen and oxygen atoms in total. The topological polar surface area (TPSA) is 188 Å². The van der Waals surface area contributed by atoms with E-state index in [-0.39, 0.29) is 18.1 Å². The average molecular weight is 377 g/mol. The fourth-order valence-corrected chi connectivity index (χ4v) is 2.81. The Labute approximate surface area is 151 Å². The molecule has 0 saturated heterocycles. The third-order valence-electron chi connectivity index (χ3n) is 4.34. The number of nitrogens with two attached hydrogens (primary N) is 1. The number of fused-ring (bicyclic) bond motifs is 2. The van der Waals surface area contributed by atoms with Crippen LogP contribution in [0.3, 0.4) is 0 Å². The van der Waals surface area contributed by atoms with Crippen molar-refractivity contribution in [3.63, 3.8) is 0 Å². The summed E-state index contributed by atoms with van der Waals surface area (Å²) in [5.74, 6) is -0.107. The summed E-state index contributed by atoms with van der Waals surface area (Å²) in [5, 5.41) is 38.7. The number of aliphatic hydroxyl groups excluding tert-OH is 4. The number of aliphatic hydroxyl groups is 4. The maximum Gasteiger partial charge on any atom is 0.349 e. The zero-order chi connectivity index (χ0) is 19.9. The highest BCUT2D eigenvalue weighted by Crippen LogP contribution is 2.25. The standard InChI is InChI=1S/C16H19N5O6/c1-6-2-8-9(3-7(6)17)21(4-10(23)13(25)11(24)5-22)14-12(18-8)15(26)20-16(27)19-14/h2-3,10-11,13,22-25H,4-5,17H2,1H3,(H,20,26,27). The van der Waals surface area contributed by atoms with Crippen LogP contribution >= 0.6 is 0 Å². The van der Waals surface area contributed by atoms with E-state index >= 15 is 0 Å². The molecule has 1 aromatic rings. The van der Waals surface area contributed by atoms with Gasteiger partial charge in [0.1, 0.15) is 18.3 Å². The highest BCUT2D eigenvalue weighted by molar-refractivity contribution is 5.83. The summed E-state index contributed by atoms with van der Waals surface area (Å²) in [7, 11) is 0. The molecule has 2 heterocycles. The van der Waals surface area contributed by atoms with Gasteiger partial charge in [-0.05, 0) is 24.6 Å². The number of hydrogen-bond donors (Lipinski definition) is 6. The van der Waals surface area contributed by atoms with E-state index in [9.17, 15) is 24.9 Å². The van der Waals surface area contributed by atoms with Crippen molar-refractivity contribution in [1.29, 1.82) is 0 Å². The number of H-pyrrole nitrogens is 1. The predicted octanol–water partition coefficient (Wildman–Crippen LogP) is -2.45. The first-order valence-corrected chi connectivity index (χ1v) is 8.08. The minimum Gasteiger partial charge on any atom is -0.398 e. The minimum atomic E-state index is -1.67. The SMILES string of the molecule is Cc1cc2nc3c(=O)[nH]c(=O)nc-3n(CC(O)C(O)C(O)CO)c2cc1N. The first-order chi connectivity index (χ1) is 12.7. The Balaban J connectivity index is 2.28. The van der Waals surface area contributed by atoms with Crippen LogP contribution in [0.5, 0.6) is 0 Å². The van der Waals surface area contributed by atoms with Crippen LogP contribution in [-0.4, -0.2) is 64.9 Å². The van der Waals surface area contributed by atoms with Crippen molar-refractivity contribution in [3.8, 4) is 11.5 Å². The minimum absolute atomic E-state index is 0.107. The third kappa shape index (κ3) is 3.40. The third-order valence-corrected chi connectivity index (χ3v) is 4.34. The van der Waals surface area contributed by atoms with Crippen LogP contribution in [0.15, 0.2) is 21.7 Å². The number of aryl methyl sites for hydroxylation is 1. The lowest BCUT2D eigenvalue weighted by atomic mass is 10.1. The predicted molar refractivity (Wildman–Crippen MR) is 95.3 cm³/mol. The van der Waals surface area contributed by atoms with E-state index in [1.54, 1.807) is 19.1 Å². The van der Waals surface area contributed by atoms with Crippen molar-refractivity contribution in [3.05, 3.63) is 38.5 Å². The number of aromatic nitrogens is 4. The summed E-state index contributed by atoms with van der Waals surface area (Å²) in [6.07, 6.45) is -4.78. The molecular formula is C16H19N5O6. The lowest BCUT2D eigenvalue weighted by Crippen LogP contribution is -2.42. The van der Waals surface area contributed by atoms with Crippen LogP contribution < -0.4 is 17.0 Å². The molecule has 3 rings (SSSR count). The van der Waals surface area contributed by atoms with Gasteiger partial charge in [0, 0.05) is 5.69 Å². The molecule has 0 radical (unpaired) electrons. The molecule has 0 amide bonds. The molecule has 0 aliphatic carbocycles. The van der Waals surface area contributed by atoms with Crippen LogP contribution in [0.25, 0.3) is 22.6 Å². The van der Waals surface area contributed by atoms with Crippen LogP contribution in [0.2, 0.25) is 0 Å². The van der Waals surface area contributed by atoms with Crippen LogP contribution in [0.1, 0.15) is 5.56 Å². The highest BCUT2D eigenvalue weighted by atomic mass is 16.4. The molecule has 0 fully saturated rings. The van der Waals surface area contributed by atoms with Crippen molar-refractivity contribution in [2.75, 3.05) is 12.3 Å². The Bertz CT molecular complexity index is 1080. The Hall–Kier alpha value is -2.86. The molecule has 0 bridgehead atoms. The fourth-order valence-electron chi connectivity index (χ4n) is 2.81. The smallest absolute Gasteiger partial charge is 0.349 e. The molecule has 2 aliphatic rings. The van der Waals surface area contributed by atoms with Gasteiger partial charge in [-0.3, -0.25) is 9.78 Å². The molecule has 3 unspecified atom stereocenters. The van der Waals surface area contributed by atoms with Gasteiger partial charge in [-0.15, -0.1) is 0 Å². The van der Waals surface area contributed by atoms with Gasteiger partial charge in [0.25, 0.3) is 5.56 Å². The van der Waals surface area contributed by atoms with Crippen molar-refractivity contribution < 1.29 is 20.4 Å². The summed E-state index contributed by atoms with van der Waals surface area (Å²) < 4.78 is 1.32. The maximum absolute atomic E-state index is 12.1. The van der Waals surface area contributed by atoms with Crippen molar-refractivity contribution >= 4 is 16.7 Å². The van der Waals surface area contributed by atoms with E-state index in [4.69, 9.17) is 10.8 Å². The molecule has 7 N–H and O–H groups in total. The van der Waals surface area contributed by atoms with Gasteiger partial charge in [-0.2, -0.15) is 4.98 Å². The zero-order valence-electron chi connectivity index (χ0n) is 14.3. The summed E-state index contributed by atoms with van der Waals surface area (Å²) >= 11 is 0. The summed E-state index contributed by atoms with van der Waals surface area (Å²) in [5.41, 5.74) is 6.02. The molecule has 144 valence electrons. The van der Waals surface area contributed by atoms with E-state index in [0.717, 1.165) is 0 Å². The van der Waals surface area contributed by atoms with Gasteiger partial charge in [-0.25, -0.2) is 9.78 Å². The fraction of sp³-hybridized carbons (Fsp3) is 0.375. The van der Waals surface area contributed by atoms with Gasteiger partial charge in [0.2, 0.25) is 0 Å². The molecule has 3 atom stereocenters. The Morgan fingerprint density at radius 3 is 2.56 bits per heavy atom. The molecular weight excluding hydrogens is 358 g/mol. The number of nitrogen functional groups attached to an aromatic ring is 1. The van der Waals surface area contributed by atoms with Crippen LogP contribution in [0, 0.1) is 6.92 Å². The number of rotatable bonds is 5. The van der Waals surface area contributed by atoms with Gasteiger partial charge in [-0.1, -0.05) is 0 Å². The first kappa shape index (κ1) is 18.9. The molecule has 27 heavy (non-hydrogen) atoms. The molecule has 1 aromatic carbocycles. The number of nitrogens with one attached hydrogen (secondary N) is 1. The second-order valence-corrected chi connectivity index (χ2v) is 6.27. The largest absolute Gasteiger partial charge is 0.398 e. The number of hydrogen-bond acceptors (Lipinski definition) is 9. The first-order valence-electron chi connectivity index (χ1n) is 8.08. The quantitative estimate of drug-likeness (QED) is 0.207. The van der Waals surface area contributed by atoms with Crippen LogP contribution in [0.4, 0.5) is 5.69 Å². The van der Waals surface area contributed by atoms with Crippen LogP contribution in [-0.2, 0) is 6.54 Å². The Kier molecular flexibility index (Phi) is 4.93. The summed E-state index contributed by atoms with van der Waals surface area (Å²) in [6.45, 7) is 0.659. The second kappa shape index (κ2) is 7.04. The molecule has 0 aromatic heterocycles. The second-order valence-electron chi connectivity index (χ2n) is 6.27. The van der Waals surface area contributed by atoms with Gasteiger partial charge >= 0.3 is 5.69 Å². The summed E-state index contributed by atoms with van der Waals surface area (Å²) in [4.78, 5) is 33.8. The van der Waals surface area contributed by atoms with E-state index in [2.05, 4.69) is 9.97 Å². The number of nitrogens with zero attached hydrogens (tertiary/aromatic N) is 3. The average Bonchev–Trinajstić information content (AvgIpc) is 2.62. The summed E-state index contributed by atoms with van der Waals surface area (Å²) in [6, 6.07) is 3.18. The lowest BCUT2D eigenvalue weighted by Gasteiger charge is -2.25. The van der Waals surface area contributed by atoms with Gasteiger partial charge < -0.3 is 30.7 Å². The monoisotopic (exact) mass is 377 g/mol. The van der Waals surface area contributed by atoms with Gasteiger partial charge in [0.15, 0.2) is 11.5 Å². The number of aromatic amines is 1. The van der Waals surface area contributed by atoms with E-state index < -0.39 is 36.2 Å². The van der Waals surface area contributed by atoms with Crippen molar-refractivity contribution in [1.82, 2.24) is 19.5 Å². The van der Waals surface area contributed by atoms with Gasteiger partial charge in [0.05, 0.1) is 24.2 Å². The van der Waals surface area contributed by atoms with Crippen molar-refractivity contribution in [2.45, 2.75) is 31.8 Å². The molecule has 11 heteroatoms. The van der Waals surface area contributed by atoms with E-state index in [1.807, 2.05) is 4.98 Å². The molecule has 2 aliphatic heterocycles.